The molecule has 2 aliphatic rings. The van der Waals surface area contributed by atoms with Crippen molar-refractivity contribution in [1.82, 2.24) is 19.8 Å². The Morgan fingerprint density at radius 3 is 2.30 bits per heavy atom. The highest BCUT2D eigenvalue weighted by molar-refractivity contribution is 5.85. The molecule has 1 aromatic carbocycles. The number of imidazole rings is 1. The van der Waals surface area contributed by atoms with Crippen molar-refractivity contribution in [2.75, 3.05) is 0 Å². The van der Waals surface area contributed by atoms with Gasteiger partial charge in [0.1, 0.15) is 0 Å². The van der Waals surface area contributed by atoms with Crippen LogP contribution in [-0.4, -0.2) is 33.2 Å². The van der Waals surface area contributed by atoms with Gasteiger partial charge in [-0.2, -0.15) is 0 Å². The summed E-state index contributed by atoms with van der Waals surface area (Å²) in [5.41, 5.74) is 1.86. The standard InChI is InChI=1S/C20H28N4O2.ClH/c1-2-10-23-17-5-3-4-6-18(17)24(20(23)26)11-9-19(25)22-16-12-14-7-8-15(13-16)21-14;/h3-6,14-16,21H,2,7-13H2,1H3,(H,22,25);1H. The van der Waals surface area contributed by atoms with Crippen LogP contribution in [0.4, 0.5) is 0 Å². The Morgan fingerprint density at radius 2 is 1.70 bits per heavy atom. The summed E-state index contributed by atoms with van der Waals surface area (Å²) in [4.78, 5) is 25.2. The van der Waals surface area contributed by atoms with Gasteiger partial charge in [0.25, 0.3) is 0 Å². The van der Waals surface area contributed by atoms with E-state index in [0.29, 0.717) is 31.6 Å². The summed E-state index contributed by atoms with van der Waals surface area (Å²) in [6, 6.07) is 9.25. The highest BCUT2D eigenvalue weighted by Crippen LogP contribution is 2.26. The topological polar surface area (TPSA) is 68.1 Å². The maximum atomic E-state index is 12.8. The molecule has 7 heteroatoms. The van der Waals surface area contributed by atoms with Gasteiger partial charge in [0, 0.05) is 37.6 Å². The number of benzene rings is 1. The number of aromatic nitrogens is 2. The molecule has 0 aliphatic carbocycles. The number of nitrogens with one attached hydrogen (secondary N) is 2. The van der Waals surface area contributed by atoms with E-state index >= 15 is 0 Å². The maximum absolute atomic E-state index is 12.8. The van der Waals surface area contributed by atoms with Gasteiger partial charge in [0.05, 0.1) is 11.0 Å². The minimum atomic E-state index is -0.0132. The van der Waals surface area contributed by atoms with Crippen LogP contribution in [0.5, 0.6) is 0 Å². The smallest absolute Gasteiger partial charge is 0.329 e. The molecule has 27 heavy (non-hydrogen) atoms. The number of fused-ring (bicyclic) bond motifs is 3. The molecule has 3 heterocycles. The van der Waals surface area contributed by atoms with Gasteiger partial charge in [-0.1, -0.05) is 19.1 Å². The predicted molar refractivity (Wildman–Crippen MR) is 109 cm³/mol. The van der Waals surface area contributed by atoms with Gasteiger partial charge in [0.15, 0.2) is 0 Å². The number of nitrogens with zero attached hydrogens (tertiary/aromatic N) is 2. The normalized spacial score (nSPS) is 24.0. The Morgan fingerprint density at radius 1 is 1.11 bits per heavy atom. The van der Waals surface area contributed by atoms with Crippen LogP contribution in [0.3, 0.4) is 0 Å². The second kappa shape index (κ2) is 8.48. The van der Waals surface area contributed by atoms with Gasteiger partial charge in [-0.05, 0) is 44.2 Å². The average Bonchev–Trinajstić information content (AvgIpc) is 3.11. The summed E-state index contributed by atoms with van der Waals surface area (Å²) in [5.74, 6) is 0.0514. The molecule has 148 valence electrons. The van der Waals surface area contributed by atoms with Crippen molar-refractivity contribution >= 4 is 29.3 Å². The molecule has 1 aromatic heterocycles. The number of halogens is 1. The largest absolute Gasteiger partial charge is 0.353 e. The number of aryl methyl sites for hydroxylation is 2. The summed E-state index contributed by atoms with van der Waals surface area (Å²) < 4.78 is 3.56. The summed E-state index contributed by atoms with van der Waals surface area (Å²) >= 11 is 0. The number of para-hydroxylation sites is 2. The Bertz CT molecular complexity index is 847. The number of carbonyl (C=O) groups excluding carboxylic acids is 1. The molecule has 0 spiro atoms. The van der Waals surface area contributed by atoms with Crippen molar-refractivity contribution in [3.8, 4) is 0 Å². The van der Waals surface area contributed by atoms with Crippen LogP contribution < -0.4 is 16.3 Å². The van der Waals surface area contributed by atoms with E-state index in [2.05, 4.69) is 17.6 Å². The highest BCUT2D eigenvalue weighted by atomic mass is 35.5. The Balaban J connectivity index is 0.00000210. The molecule has 2 fully saturated rings. The van der Waals surface area contributed by atoms with E-state index in [1.54, 1.807) is 4.57 Å². The van der Waals surface area contributed by atoms with E-state index in [4.69, 9.17) is 0 Å². The Hall–Kier alpha value is -1.79. The zero-order valence-electron chi connectivity index (χ0n) is 15.8. The van der Waals surface area contributed by atoms with Crippen LogP contribution in [0.25, 0.3) is 11.0 Å². The molecule has 6 nitrogen and oxygen atoms in total. The monoisotopic (exact) mass is 392 g/mol. The van der Waals surface area contributed by atoms with E-state index < -0.39 is 0 Å². The maximum Gasteiger partial charge on any atom is 0.329 e. The molecule has 2 unspecified atom stereocenters. The number of carbonyl (C=O) groups is 1. The summed E-state index contributed by atoms with van der Waals surface area (Å²) in [6.45, 7) is 3.20. The van der Waals surface area contributed by atoms with Crippen LogP contribution >= 0.6 is 12.4 Å². The van der Waals surface area contributed by atoms with Crippen molar-refractivity contribution in [2.45, 2.75) is 76.7 Å². The molecular formula is C20H29ClN4O2. The van der Waals surface area contributed by atoms with Gasteiger partial charge in [-0.25, -0.2) is 4.79 Å². The third-order valence-electron chi connectivity index (χ3n) is 5.77. The fraction of sp³-hybridized carbons (Fsp3) is 0.600. The summed E-state index contributed by atoms with van der Waals surface area (Å²) in [6.07, 6.45) is 5.76. The van der Waals surface area contributed by atoms with Crippen LogP contribution in [-0.2, 0) is 17.9 Å². The van der Waals surface area contributed by atoms with Gasteiger partial charge in [0.2, 0.25) is 5.91 Å². The fourth-order valence-corrected chi connectivity index (χ4v) is 4.62. The van der Waals surface area contributed by atoms with Crippen LogP contribution in [0.1, 0.15) is 45.4 Å². The lowest BCUT2D eigenvalue weighted by Gasteiger charge is -2.29. The fourth-order valence-electron chi connectivity index (χ4n) is 4.62. The van der Waals surface area contributed by atoms with Gasteiger partial charge < -0.3 is 10.6 Å². The average molecular weight is 393 g/mol. The third-order valence-corrected chi connectivity index (χ3v) is 5.77. The van der Waals surface area contributed by atoms with Gasteiger partial charge in [-0.3, -0.25) is 13.9 Å². The van der Waals surface area contributed by atoms with Crippen LogP contribution in [0.15, 0.2) is 29.1 Å². The van der Waals surface area contributed by atoms with E-state index in [-0.39, 0.29) is 30.0 Å². The first-order valence-electron chi connectivity index (χ1n) is 9.89. The first-order valence-corrected chi connectivity index (χ1v) is 9.89. The van der Waals surface area contributed by atoms with Crippen LogP contribution in [0.2, 0.25) is 0 Å². The minimum Gasteiger partial charge on any atom is -0.353 e. The number of rotatable bonds is 6. The zero-order chi connectivity index (χ0) is 18.1. The van der Waals surface area contributed by atoms with Crippen molar-refractivity contribution in [2.24, 2.45) is 0 Å². The van der Waals surface area contributed by atoms with E-state index in [0.717, 1.165) is 30.3 Å². The molecule has 2 bridgehead atoms. The van der Waals surface area contributed by atoms with Crippen molar-refractivity contribution in [3.63, 3.8) is 0 Å². The lowest BCUT2D eigenvalue weighted by atomic mass is 10.00. The first kappa shape index (κ1) is 20.0. The number of piperidine rings is 1. The molecule has 2 N–H and O–H groups in total. The predicted octanol–water partition coefficient (Wildman–Crippen LogP) is 2.42. The summed E-state index contributed by atoms with van der Waals surface area (Å²) in [7, 11) is 0. The second-order valence-corrected chi connectivity index (χ2v) is 7.70. The Kier molecular flexibility index (Phi) is 6.27. The lowest BCUT2D eigenvalue weighted by molar-refractivity contribution is -0.122. The van der Waals surface area contributed by atoms with Crippen LogP contribution in [0, 0.1) is 0 Å². The quantitative estimate of drug-likeness (QED) is 0.793. The van der Waals surface area contributed by atoms with Gasteiger partial charge in [-0.15, -0.1) is 12.4 Å². The molecule has 1 amide bonds. The SMILES string of the molecule is CCCn1c(=O)n(CCC(=O)NC2CC3CCC(C2)N3)c2ccccc21.Cl. The molecule has 2 aromatic rings. The molecule has 2 atom stereocenters. The molecule has 4 rings (SSSR count). The molecule has 0 radical (unpaired) electrons. The third kappa shape index (κ3) is 4.06. The molecule has 2 aliphatic heterocycles. The van der Waals surface area contributed by atoms with Gasteiger partial charge >= 0.3 is 5.69 Å². The lowest BCUT2D eigenvalue weighted by Crippen LogP contribution is -2.48. The molecular weight excluding hydrogens is 364 g/mol. The van der Waals surface area contributed by atoms with E-state index in [1.165, 1.54) is 12.8 Å². The minimum absolute atomic E-state index is 0. The number of amides is 1. The summed E-state index contributed by atoms with van der Waals surface area (Å²) in [5, 5.41) is 6.78. The van der Waals surface area contributed by atoms with E-state index in [1.807, 2.05) is 28.8 Å². The zero-order valence-corrected chi connectivity index (χ0v) is 16.6. The van der Waals surface area contributed by atoms with Crippen molar-refractivity contribution in [3.05, 3.63) is 34.7 Å². The Labute approximate surface area is 165 Å². The number of hydrogen-bond acceptors (Lipinski definition) is 3. The molecule has 2 saturated heterocycles. The van der Waals surface area contributed by atoms with E-state index in [9.17, 15) is 9.59 Å². The highest BCUT2D eigenvalue weighted by Gasteiger charge is 2.33. The van der Waals surface area contributed by atoms with Crippen molar-refractivity contribution < 1.29 is 4.79 Å². The first-order chi connectivity index (χ1) is 12.7. The number of hydrogen-bond donors (Lipinski definition) is 2. The molecule has 0 saturated carbocycles. The second-order valence-electron chi connectivity index (χ2n) is 7.70. The van der Waals surface area contributed by atoms with Crippen molar-refractivity contribution in [1.29, 1.82) is 0 Å².